The maximum atomic E-state index is 11.1. The minimum atomic E-state index is -1.28. The van der Waals surface area contributed by atoms with Crippen LogP contribution >= 0.6 is 0 Å². The molecule has 2 saturated heterocycles. The van der Waals surface area contributed by atoms with Gasteiger partial charge in [-0.15, -0.1) is 0 Å². The van der Waals surface area contributed by atoms with Crippen molar-refractivity contribution >= 4 is 0 Å². The summed E-state index contributed by atoms with van der Waals surface area (Å²) in [6.45, 7) is 2.16. The molecule has 188 valence electrons. The second kappa shape index (κ2) is 10.8. The lowest BCUT2D eigenvalue weighted by Crippen LogP contribution is -2.68. The molecule has 12 heteroatoms. The van der Waals surface area contributed by atoms with Crippen LogP contribution in [0.4, 0.5) is 0 Å². The van der Waals surface area contributed by atoms with Crippen molar-refractivity contribution < 1.29 is 34.3 Å². The molecule has 0 bridgehead atoms. The average Bonchev–Trinajstić information content (AvgIpc) is 2.72. The van der Waals surface area contributed by atoms with E-state index in [1.165, 1.54) is 0 Å². The largest absolute Gasteiger partial charge is 0.388 e. The number of nitrogens with one attached hydrogen (secondary N) is 2. The zero-order valence-corrected chi connectivity index (χ0v) is 19.1. The topological polar surface area (TPSA) is 200 Å². The van der Waals surface area contributed by atoms with E-state index in [1.807, 2.05) is 7.05 Å². The summed E-state index contributed by atoms with van der Waals surface area (Å²) in [6, 6.07) is -2.20. The van der Waals surface area contributed by atoms with Gasteiger partial charge < -0.3 is 62.1 Å². The molecule has 0 aromatic carbocycles. The molecule has 12 nitrogen and oxygen atoms in total. The standard InChI is InChI=1S/C20H41N5O7/c1-20(28)8-29-19(14(27)17(20)25-3)32-16-12(23)6-11(22)15(13(16)26)31-18-10(21)5-4-9(30-18)7-24-2/h9-19,24-28H,4-8,21-23H2,1-3H3/t9-,10-,11+,12-,13+,14+,15+,16-,17+,18-,19-,20-/m0/s1. The summed E-state index contributed by atoms with van der Waals surface area (Å²) in [5, 5.41) is 38.1. The van der Waals surface area contributed by atoms with E-state index in [2.05, 4.69) is 10.6 Å². The first-order valence-electron chi connectivity index (χ1n) is 11.3. The Morgan fingerprint density at radius 1 is 0.969 bits per heavy atom. The molecule has 0 amide bonds. The first kappa shape index (κ1) is 26.1. The van der Waals surface area contributed by atoms with Crippen molar-refractivity contribution in [3.63, 3.8) is 0 Å². The molecule has 3 fully saturated rings. The molecule has 1 saturated carbocycles. The molecule has 0 radical (unpaired) electrons. The fourth-order valence-electron chi connectivity index (χ4n) is 4.90. The monoisotopic (exact) mass is 463 g/mol. The Morgan fingerprint density at radius 3 is 2.19 bits per heavy atom. The highest BCUT2D eigenvalue weighted by molar-refractivity contribution is 5.01. The van der Waals surface area contributed by atoms with Gasteiger partial charge in [-0.2, -0.15) is 0 Å². The SMILES string of the molecule is CNC[C@@H]1CC[C@H](N)[C@H](O[C@H]2[C@@H](O)[C@@H](O[C@@H]3OC[C@](C)(O)[C@H](NC)[C@H]3O)[C@@H](N)C[C@H]2N)O1. The number of aliphatic hydroxyl groups is 3. The molecule has 3 aliphatic rings. The predicted molar refractivity (Wildman–Crippen MR) is 115 cm³/mol. The number of likely N-dealkylation sites (N-methyl/N-ethyl adjacent to an activating group) is 2. The third kappa shape index (κ3) is 5.59. The van der Waals surface area contributed by atoms with Crippen molar-refractivity contribution in [2.45, 2.75) is 99.1 Å². The van der Waals surface area contributed by atoms with E-state index in [0.29, 0.717) is 13.0 Å². The van der Waals surface area contributed by atoms with E-state index >= 15 is 0 Å². The maximum Gasteiger partial charge on any atom is 0.185 e. The van der Waals surface area contributed by atoms with Crippen LogP contribution in [-0.4, -0.2) is 115 Å². The van der Waals surface area contributed by atoms with Crippen LogP contribution in [0.15, 0.2) is 0 Å². The van der Waals surface area contributed by atoms with Crippen molar-refractivity contribution in [1.82, 2.24) is 10.6 Å². The number of ether oxygens (including phenoxy) is 4. The molecular weight excluding hydrogens is 422 g/mol. The first-order valence-corrected chi connectivity index (χ1v) is 11.3. The lowest BCUT2D eigenvalue weighted by molar-refractivity contribution is -0.306. The van der Waals surface area contributed by atoms with Gasteiger partial charge in [0.05, 0.1) is 24.8 Å². The Balaban J connectivity index is 1.67. The van der Waals surface area contributed by atoms with Gasteiger partial charge in [-0.05, 0) is 40.3 Å². The predicted octanol–water partition coefficient (Wildman–Crippen LogP) is -3.72. The molecular formula is C20H41N5O7. The van der Waals surface area contributed by atoms with Gasteiger partial charge in [0, 0.05) is 18.6 Å². The summed E-state index contributed by atoms with van der Waals surface area (Å²) in [6.07, 6.45) is -4.12. The van der Waals surface area contributed by atoms with Gasteiger partial charge in [-0.1, -0.05) is 0 Å². The van der Waals surface area contributed by atoms with E-state index < -0.39 is 60.7 Å². The smallest absolute Gasteiger partial charge is 0.185 e. The highest BCUT2D eigenvalue weighted by Crippen LogP contribution is 2.31. The summed E-state index contributed by atoms with van der Waals surface area (Å²) in [7, 11) is 3.47. The summed E-state index contributed by atoms with van der Waals surface area (Å²) < 4.78 is 23.5. The molecule has 3 rings (SSSR count). The Labute approximate surface area is 189 Å². The van der Waals surface area contributed by atoms with Gasteiger partial charge in [-0.25, -0.2) is 0 Å². The van der Waals surface area contributed by atoms with Crippen molar-refractivity contribution in [2.75, 3.05) is 27.2 Å². The molecule has 2 aliphatic heterocycles. The average molecular weight is 464 g/mol. The highest BCUT2D eigenvalue weighted by Gasteiger charge is 2.50. The fraction of sp³-hybridized carbons (Fsp3) is 1.00. The Bertz CT molecular complexity index is 603. The van der Waals surface area contributed by atoms with E-state index in [0.717, 1.165) is 12.8 Å². The minimum Gasteiger partial charge on any atom is -0.388 e. The van der Waals surface area contributed by atoms with Crippen molar-refractivity contribution in [3.05, 3.63) is 0 Å². The summed E-state index contributed by atoms with van der Waals surface area (Å²) in [4.78, 5) is 0. The quantitative estimate of drug-likeness (QED) is 0.184. The lowest BCUT2D eigenvalue weighted by Gasteiger charge is -2.48. The van der Waals surface area contributed by atoms with E-state index in [9.17, 15) is 15.3 Å². The first-order chi connectivity index (χ1) is 15.1. The number of rotatable bonds is 7. The van der Waals surface area contributed by atoms with Gasteiger partial charge in [0.15, 0.2) is 12.6 Å². The molecule has 1 aliphatic carbocycles. The van der Waals surface area contributed by atoms with Crippen LogP contribution in [0.5, 0.6) is 0 Å². The van der Waals surface area contributed by atoms with Crippen molar-refractivity contribution in [3.8, 4) is 0 Å². The van der Waals surface area contributed by atoms with Crippen LogP contribution in [0.2, 0.25) is 0 Å². The minimum absolute atomic E-state index is 0.0480. The number of nitrogens with two attached hydrogens (primary N) is 3. The van der Waals surface area contributed by atoms with E-state index in [-0.39, 0.29) is 18.8 Å². The third-order valence-corrected chi connectivity index (χ3v) is 6.72. The van der Waals surface area contributed by atoms with E-state index in [4.69, 9.17) is 36.1 Å². The summed E-state index contributed by atoms with van der Waals surface area (Å²) >= 11 is 0. The lowest BCUT2D eigenvalue weighted by atomic mass is 9.84. The van der Waals surface area contributed by atoms with Gasteiger partial charge in [0.1, 0.15) is 30.0 Å². The Kier molecular flexibility index (Phi) is 8.86. The van der Waals surface area contributed by atoms with Crippen LogP contribution in [0.25, 0.3) is 0 Å². The highest BCUT2D eigenvalue weighted by atomic mass is 16.7. The third-order valence-electron chi connectivity index (χ3n) is 6.72. The molecule has 2 heterocycles. The van der Waals surface area contributed by atoms with Crippen molar-refractivity contribution in [2.24, 2.45) is 17.2 Å². The molecule has 11 N–H and O–H groups in total. The number of hydrogen-bond acceptors (Lipinski definition) is 12. The van der Waals surface area contributed by atoms with Crippen molar-refractivity contribution in [1.29, 1.82) is 0 Å². The molecule has 0 aromatic rings. The second-order valence-electron chi connectivity index (χ2n) is 9.47. The second-order valence-corrected chi connectivity index (χ2v) is 9.47. The molecule has 0 unspecified atom stereocenters. The van der Waals surface area contributed by atoms with Gasteiger partial charge >= 0.3 is 0 Å². The normalized spacial score (nSPS) is 50.3. The van der Waals surface area contributed by atoms with Gasteiger partial charge in [0.2, 0.25) is 0 Å². The number of hydrogen-bond donors (Lipinski definition) is 8. The summed E-state index contributed by atoms with van der Waals surface area (Å²) in [5.41, 5.74) is 17.4. The van der Waals surface area contributed by atoms with Crippen LogP contribution in [0.1, 0.15) is 26.2 Å². The Hall–Kier alpha value is -0.480. The Morgan fingerprint density at radius 2 is 1.59 bits per heavy atom. The molecule has 0 spiro atoms. The zero-order chi connectivity index (χ0) is 23.6. The van der Waals surface area contributed by atoms with Gasteiger partial charge in [-0.3, -0.25) is 0 Å². The maximum absolute atomic E-state index is 11.1. The van der Waals surface area contributed by atoms with Crippen LogP contribution in [-0.2, 0) is 18.9 Å². The molecule has 0 aromatic heterocycles. The fourth-order valence-corrected chi connectivity index (χ4v) is 4.90. The molecule has 12 atom stereocenters. The summed E-state index contributed by atoms with van der Waals surface area (Å²) in [5.74, 6) is 0. The van der Waals surface area contributed by atoms with Crippen LogP contribution in [0, 0.1) is 0 Å². The zero-order valence-electron chi connectivity index (χ0n) is 19.1. The molecule has 32 heavy (non-hydrogen) atoms. The van der Waals surface area contributed by atoms with Crippen LogP contribution in [0.3, 0.4) is 0 Å². The number of aliphatic hydroxyl groups excluding tert-OH is 2. The van der Waals surface area contributed by atoms with E-state index in [1.54, 1.807) is 14.0 Å². The van der Waals surface area contributed by atoms with Crippen LogP contribution < -0.4 is 27.8 Å². The van der Waals surface area contributed by atoms with Gasteiger partial charge in [0.25, 0.3) is 0 Å².